The van der Waals surface area contributed by atoms with Crippen molar-refractivity contribution in [3.63, 3.8) is 0 Å². The van der Waals surface area contributed by atoms with Crippen molar-refractivity contribution < 1.29 is 9.53 Å². The minimum absolute atomic E-state index is 0.361. The SMILES string of the molecule is CCOC(=O)NCCCc1cnc2ccnn2c1C. The maximum Gasteiger partial charge on any atom is 0.407 e. The number of aromatic nitrogens is 3. The van der Waals surface area contributed by atoms with Gasteiger partial charge in [0.2, 0.25) is 0 Å². The molecule has 0 aliphatic carbocycles. The van der Waals surface area contributed by atoms with Gasteiger partial charge in [-0.05, 0) is 32.3 Å². The summed E-state index contributed by atoms with van der Waals surface area (Å²) in [6.07, 6.45) is 4.94. The number of fused-ring (bicyclic) bond motifs is 1. The van der Waals surface area contributed by atoms with Crippen molar-refractivity contribution in [2.45, 2.75) is 26.7 Å². The summed E-state index contributed by atoms with van der Waals surface area (Å²) in [7, 11) is 0. The zero-order valence-corrected chi connectivity index (χ0v) is 11.2. The molecule has 1 amide bonds. The summed E-state index contributed by atoms with van der Waals surface area (Å²) in [4.78, 5) is 15.4. The summed E-state index contributed by atoms with van der Waals surface area (Å²) in [6, 6.07) is 1.87. The molecule has 6 heteroatoms. The number of hydrogen-bond acceptors (Lipinski definition) is 4. The molecule has 0 bridgehead atoms. The molecule has 0 aliphatic rings. The Labute approximate surface area is 111 Å². The van der Waals surface area contributed by atoms with Gasteiger partial charge in [0.05, 0.1) is 12.8 Å². The van der Waals surface area contributed by atoms with Crippen molar-refractivity contribution in [2.24, 2.45) is 0 Å². The van der Waals surface area contributed by atoms with E-state index in [0.717, 1.165) is 29.7 Å². The van der Waals surface area contributed by atoms with Crippen LogP contribution in [0.4, 0.5) is 4.79 Å². The number of nitrogens with one attached hydrogen (secondary N) is 1. The number of rotatable bonds is 5. The molecule has 0 saturated heterocycles. The fraction of sp³-hybridized carbons (Fsp3) is 0.462. The summed E-state index contributed by atoms with van der Waals surface area (Å²) in [5.41, 5.74) is 3.08. The van der Waals surface area contributed by atoms with Crippen molar-refractivity contribution in [2.75, 3.05) is 13.2 Å². The molecule has 0 radical (unpaired) electrons. The summed E-state index contributed by atoms with van der Waals surface area (Å²) in [5.74, 6) is 0. The molecular weight excluding hydrogens is 244 g/mol. The van der Waals surface area contributed by atoms with Crippen molar-refractivity contribution in [1.82, 2.24) is 19.9 Å². The molecule has 2 aromatic rings. The second-order valence-electron chi connectivity index (χ2n) is 4.22. The highest BCUT2D eigenvalue weighted by molar-refractivity contribution is 5.66. The third-order valence-corrected chi connectivity index (χ3v) is 2.93. The number of carbonyl (C=O) groups excluding carboxylic acids is 1. The van der Waals surface area contributed by atoms with E-state index < -0.39 is 0 Å². The van der Waals surface area contributed by atoms with Crippen LogP contribution in [0.5, 0.6) is 0 Å². The first kappa shape index (κ1) is 13.3. The Morgan fingerprint density at radius 1 is 1.53 bits per heavy atom. The Morgan fingerprint density at radius 2 is 2.37 bits per heavy atom. The van der Waals surface area contributed by atoms with E-state index in [0.29, 0.717) is 13.2 Å². The lowest BCUT2D eigenvalue weighted by Crippen LogP contribution is -2.25. The number of nitrogens with zero attached hydrogens (tertiary/aromatic N) is 3. The van der Waals surface area contributed by atoms with E-state index in [4.69, 9.17) is 4.74 Å². The molecule has 0 fully saturated rings. The van der Waals surface area contributed by atoms with Gasteiger partial charge in [-0.2, -0.15) is 5.10 Å². The molecule has 0 aliphatic heterocycles. The lowest BCUT2D eigenvalue weighted by Gasteiger charge is -2.08. The lowest BCUT2D eigenvalue weighted by atomic mass is 10.1. The van der Waals surface area contributed by atoms with Crippen molar-refractivity contribution >= 4 is 11.7 Å². The average molecular weight is 262 g/mol. The number of carbonyl (C=O) groups is 1. The standard InChI is InChI=1S/C13H18N4O2/c1-3-19-13(18)14-7-4-5-11-9-15-12-6-8-16-17(12)10(11)2/h6,8-9H,3-5,7H2,1-2H3,(H,14,18). The Hall–Kier alpha value is -2.11. The molecule has 6 nitrogen and oxygen atoms in total. The quantitative estimate of drug-likeness (QED) is 0.833. The molecule has 0 aromatic carbocycles. The number of aryl methyl sites for hydroxylation is 2. The van der Waals surface area contributed by atoms with Crippen LogP contribution >= 0.6 is 0 Å². The molecular formula is C13H18N4O2. The first-order chi connectivity index (χ1) is 9.22. The van der Waals surface area contributed by atoms with E-state index in [9.17, 15) is 4.79 Å². The lowest BCUT2D eigenvalue weighted by molar-refractivity contribution is 0.152. The third-order valence-electron chi connectivity index (χ3n) is 2.93. The minimum atomic E-state index is -0.361. The highest BCUT2D eigenvalue weighted by Crippen LogP contribution is 2.10. The van der Waals surface area contributed by atoms with Crippen LogP contribution in [0, 0.1) is 6.92 Å². The molecule has 2 aromatic heterocycles. The van der Waals surface area contributed by atoms with Gasteiger partial charge in [0, 0.05) is 24.5 Å². The summed E-state index contributed by atoms with van der Waals surface area (Å²) in [6.45, 7) is 4.80. The van der Waals surface area contributed by atoms with Gasteiger partial charge in [-0.25, -0.2) is 14.3 Å². The van der Waals surface area contributed by atoms with Gasteiger partial charge in [-0.1, -0.05) is 0 Å². The second-order valence-corrected chi connectivity index (χ2v) is 4.22. The van der Waals surface area contributed by atoms with E-state index in [2.05, 4.69) is 15.4 Å². The van der Waals surface area contributed by atoms with Crippen molar-refractivity contribution in [3.8, 4) is 0 Å². The predicted octanol–water partition coefficient (Wildman–Crippen LogP) is 1.72. The topological polar surface area (TPSA) is 68.5 Å². The van der Waals surface area contributed by atoms with Gasteiger partial charge in [0.1, 0.15) is 0 Å². The van der Waals surface area contributed by atoms with Crippen LogP contribution in [0.3, 0.4) is 0 Å². The fourth-order valence-corrected chi connectivity index (χ4v) is 1.92. The summed E-state index contributed by atoms with van der Waals surface area (Å²) in [5, 5.41) is 6.93. The van der Waals surface area contributed by atoms with Gasteiger partial charge < -0.3 is 10.1 Å². The first-order valence-electron chi connectivity index (χ1n) is 6.41. The number of hydrogen-bond donors (Lipinski definition) is 1. The molecule has 1 N–H and O–H groups in total. The maximum atomic E-state index is 11.1. The van der Waals surface area contributed by atoms with E-state index in [-0.39, 0.29) is 6.09 Å². The van der Waals surface area contributed by atoms with E-state index in [1.165, 1.54) is 0 Å². The van der Waals surface area contributed by atoms with Crippen LogP contribution in [0.2, 0.25) is 0 Å². The van der Waals surface area contributed by atoms with Gasteiger partial charge in [-0.15, -0.1) is 0 Å². The second kappa shape index (κ2) is 6.17. The third kappa shape index (κ3) is 3.21. The highest BCUT2D eigenvalue weighted by Gasteiger charge is 2.05. The predicted molar refractivity (Wildman–Crippen MR) is 71.1 cm³/mol. The van der Waals surface area contributed by atoms with E-state index >= 15 is 0 Å². The molecule has 19 heavy (non-hydrogen) atoms. The van der Waals surface area contributed by atoms with Crippen molar-refractivity contribution in [3.05, 3.63) is 29.7 Å². The average Bonchev–Trinajstić information content (AvgIpc) is 2.86. The van der Waals surface area contributed by atoms with Gasteiger partial charge in [0.25, 0.3) is 0 Å². The van der Waals surface area contributed by atoms with Gasteiger partial charge >= 0.3 is 6.09 Å². The molecule has 0 saturated carbocycles. The normalized spacial score (nSPS) is 10.6. The maximum absolute atomic E-state index is 11.1. The van der Waals surface area contributed by atoms with E-state index in [1.807, 2.05) is 23.7 Å². The first-order valence-corrected chi connectivity index (χ1v) is 6.41. The Kier molecular flexibility index (Phi) is 4.33. The number of amides is 1. The molecule has 102 valence electrons. The van der Waals surface area contributed by atoms with Crippen LogP contribution in [-0.2, 0) is 11.2 Å². The molecule has 0 atom stereocenters. The molecule has 0 unspecified atom stereocenters. The fourth-order valence-electron chi connectivity index (χ4n) is 1.92. The van der Waals surface area contributed by atoms with Gasteiger partial charge in [0.15, 0.2) is 5.65 Å². The highest BCUT2D eigenvalue weighted by atomic mass is 16.5. The number of ether oxygens (including phenoxy) is 1. The smallest absolute Gasteiger partial charge is 0.407 e. The van der Waals surface area contributed by atoms with Gasteiger partial charge in [-0.3, -0.25) is 0 Å². The molecule has 2 heterocycles. The van der Waals surface area contributed by atoms with Crippen LogP contribution in [0.1, 0.15) is 24.6 Å². The van der Waals surface area contributed by atoms with E-state index in [1.54, 1.807) is 13.1 Å². The van der Waals surface area contributed by atoms with Crippen LogP contribution < -0.4 is 5.32 Å². The summed E-state index contributed by atoms with van der Waals surface area (Å²) >= 11 is 0. The van der Waals surface area contributed by atoms with Crippen LogP contribution in [0.25, 0.3) is 5.65 Å². The zero-order chi connectivity index (χ0) is 13.7. The molecule has 0 spiro atoms. The molecule has 2 rings (SSSR count). The van der Waals surface area contributed by atoms with Crippen LogP contribution in [0.15, 0.2) is 18.5 Å². The Morgan fingerprint density at radius 3 is 3.16 bits per heavy atom. The van der Waals surface area contributed by atoms with Crippen molar-refractivity contribution in [1.29, 1.82) is 0 Å². The summed E-state index contributed by atoms with van der Waals surface area (Å²) < 4.78 is 6.62. The Balaban J connectivity index is 1.88. The largest absolute Gasteiger partial charge is 0.450 e. The van der Waals surface area contributed by atoms with Crippen LogP contribution in [-0.4, -0.2) is 33.8 Å². The number of alkyl carbamates (subject to hydrolysis) is 1. The zero-order valence-electron chi connectivity index (χ0n) is 11.2. The monoisotopic (exact) mass is 262 g/mol. The minimum Gasteiger partial charge on any atom is -0.450 e. The Bertz CT molecular complexity index is 565.